The number of carbonyl (C=O) groups excluding carboxylic acids is 3. The maximum atomic E-state index is 12.2. The van der Waals surface area contributed by atoms with Crippen LogP contribution >= 0.6 is 0 Å². The number of carbonyl (C=O) groups is 3. The molecule has 0 saturated carbocycles. The van der Waals surface area contributed by atoms with Crippen LogP contribution < -0.4 is 9.47 Å². The Kier molecular flexibility index (Phi) is 6.80. The second kappa shape index (κ2) is 9.05. The van der Waals surface area contributed by atoms with Crippen LogP contribution in [0, 0.1) is 0 Å². The number of benzene rings is 1. The summed E-state index contributed by atoms with van der Waals surface area (Å²) in [6.45, 7) is 4.03. The molecule has 0 unspecified atom stereocenters. The van der Waals surface area contributed by atoms with Crippen molar-refractivity contribution in [1.29, 1.82) is 0 Å². The first-order valence-electron chi connectivity index (χ1n) is 8.26. The zero-order chi connectivity index (χ0) is 18.2. The van der Waals surface area contributed by atoms with Crippen molar-refractivity contribution in [3.05, 3.63) is 23.8 Å². The third-order valence-electron chi connectivity index (χ3n) is 3.71. The molecule has 1 aromatic rings. The molecule has 0 fully saturated rings. The van der Waals surface area contributed by atoms with Crippen molar-refractivity contribution in [1.82, 2.24) is 0 Å². The highest BCUT2D eigenvalue weighted by atomic mass is 16.7. The number of Topliss-reactive ketones (excluding diaryl/α,β-unsaturated/α-hetero) is 1. The first-order chi connectivity index (χ1) is 12.0. The van der Waals surface area contributed by atoms with Gasteiger partial charge in [0.1, 0.15) is 12.2 Å². The molecule has 0 amide bonds. The van der Waals surface area contributed by atoms with Crippen LogP contribution in [0.3, 0.4) is 0 Å². The molecule has 0 spiro atoms. The van der Waals surface area contributed by atoms with Gasteiger partial charge in [-0.2, -0.15) is 0 Å². The summed E-state index contributed by atoms with van der Waals surface area (Å²) in [7, 11) is 0. The summed E-state index contributed by atoms with van der Waals surface area (Å²) >= 11 is 0. The molecular weight excluding hydrogens is 328 g/mol. The van der Waals surface area contributed by atoms with Crippen molar-refractivity contribution in [3.8, 4) is 11.5 Å². The fourth-order valence-corrected chi connectivity index (χ4v) is 2.62. The SMILES string of the molecule is CCOC(=O)CC(=O)C[C@@H](CC(=O)OCC)c1ccc2c(c1)OCO2. The first-order valence-corrected chi connectivity index (χ1v) is 8.26. The quantitative estimate of drug-likeness (QED) is 0.499. The summed E-state index contributed by atoms with van der Waals surface area (Å²) in [5, 5.41) is 0. The second-order valence-corrected chi connectivity index (χ2v) is 5.54. The van der Waals surface area contributed by atoms with Crippen molar-refractivity contribution in [2.45, 2.75) is 39.0 Å². The topological polar surface area (TPSA) is 88.1 Å². The molecule has 136 valence electrons. The Morgan fingerprint density at radius 3 is 2.40 bits per heavy atom. The number of ketones is 1. The molecule has 1 aromatic carbocycles. The van der Waals surface area contributed by atoms with Crippen LogP contribution in [-0.4, -0.2) is 37.7 Å². The molecule has 0 N–H and O–H groups in total. The van der Waals surface area contributed by atoms with Crippen LogP contribution in [0.5, 0.6) is 11.5 Å². The smallest absolute Gasteiger partial charge is 0.313 e. The zero-order valence-corrected chi connectivity index (χ0v) is 14.4. The molecule has 1 heterocycles. The maximum absolute atomic E-state index is 12.2. The predicted molar refractivity (Wildman–Crippen MR) is 87.4 cm³/mol. The lowest BCUT2D eigenvalue weighted by molar-refractivity contribution is -0.145. The van der Waals surface area contributed by atoms with Crippen molar-refractivity contribution in [2.75, 3.05) is 20.0 Å². The lowest BCUT2D eigenvalue weighted by Gasteiger charge is -2.16. The second-order valence-electron chi connectivity index (χ2n) is 5.54. The van der Waals surface area contributed by atoms with E-state index in [-0.39, 0.29) is 45.1 Å². The van der Waals surface area contributed by atoms with Gasteiger partial charge in [0.15, 0.2) is 11.5 Å². The molecule has 0 aromatic heterocycles. The van der Waals surface area contributed by atoms with Gasteiger partial charge in [-0.3, -0.25) is 14.4 Å². The van der Waals surface area contributed by atoms with E-state index in [0.717, 1.165) is 5.56 Å². The Bertz CT molecular complexity index is 638. The molecule has 0 saturated heterocycles. The molecule has 0 bridgehead atoms. The Hall–Kier alpha value is -2.57. The standard InChI is InChI=1S/C18H22O7/c1-3-22-17(20)9-13(7-14(19)10-18(21)23-4-2)12-5-6-15-16(8-12)25-11-24-15/h5-6,8,13H,3-4,7,9-11H2,1-2H3/t13-/m0/s1. The van der Waals surface area contributed by atoms with Gasteiger partial charge in [-0.25, -0.2) is 0 Å². The first kappa shape index (κ1) is 18.8. The Balaban J connectivity index is 2.11. The van der Waals surface area contributed by atoms with E-state index in [1.165, 1.54) is 0 Å². The van der Waals surface area contributed by atoms with Gasteiger partial charge >= 0.3 is 11.9 Å². The highest BCUT2D eigenvalue weighted by molar-refractivity contribution is 5.96. The summed E-state index contributed by atoms with van der Waals surface area (Å²) in [6.07, 6.45) is -0.225. The average Bonchev–Trinajstić information content (AvgIpc) is 3.02. The number of hydrogen-bond donors (Lipinski definition) is 0. The van der Waals surface area contributed by atoms with Crippen LogP contribution in [0.15, 0.2) is 18.2 Å². The van der Waals surface area contributed by atoms with Crippen LogP contribution in [-0.2, 0) is 23.9 Å². The normalized spacial score (nSPS) is 13.2. The monoisotopic (exact) mass is 350 g/mol. The van der Waals surface area contributed by atoms with Gasteiger partial charge in [0.25, 0.3) is 0 Å². The van der Waals surface area contributed by atoms with E-state index in [1.54, 1.807) is 32.0 Å². The largest absolute Gasteiger partial charge is 0.466 e. The van der Waals surface area contributed by atoms with Gasteiger partial charge in [0, 0.05) is 12.3 Å². The molecule has 0 radical (unpaired) electrons. The highest BCUT2D eigenvalue weighted by Crippen LogP contribution is 2.36. The van der Waals surface area contributed by atoms with Gasteiger partial charge in [-0.05, 0) is 31.5 Å². The average molecular weight is 350 g/mol. The lowest BCUT2D eigenvalue weighted by atomic mass is 9.89. The van der Waals surface area contributed by atoms with Gasteiger partial charge in [-0.1, -0.05) is 6.07 Å². The minimum Gasteiger partial charge on any atom is -0.466 e. The van der Waals surface area contributed by atoms with E-state index in [9.17, 15) is 14.4 Å². The molecule has 7 heteroatoms. The Morgan fingerprint density at radius 1 is 1.00 bits per heavy atom. The molecule has 25 heavy (non-hydrogen) atoms. The summed E-state index contributed by atoms with van der Waals surface area (Å²) < 4.78 is 20.4. The zero-order valence-electron chi connectivity index (χ0n) is 14.4. The van der Waals surface area contributed by atoms with E-state index in [0.29, 0.717) is 11.5 Å². The van der Waals surface area contributed by atoms with E-state index in [2.05, 4.69) is 0 Å². The van der Waals surface area contributed by atoms with E-state index < -0.39 is 17.9 Å². The van der Waals surface area contributed by atoms with Crippen molar-refractivity contribution in [2.24, 2.45) is 0 Å². The molecule has 1 aliphatic heterocycles. The van der Waals surface area contributed by atoms with Gasteiger partial charge < -0.3 is 18.9 Å². The van der Waals surface area contributed by atoms with Crippen molar-refractivity contribution < 1.29 is 33.3 Å². The number of fused-ring (bicyclic) bond motifs is 1. The number of esters is 2. The van der Waals surface area contributed by atoms with Gasteiger partial charge in [0.05, 0.1) is 19.6 Å². The Morgan fingerprint density at radius 2 is 1.68 bits per heavy atom. The van der Waals surface area contributed by atoms with Crippen LogP contribution in [0.4, 0.5) is 0 Å². The summed E-state index contributed by atoms with van der Waals surface area (Å²) in [4.78, 5) is 35.5. The van der Waals surface area contributed by atoms with Crippen molar-refractivity contribution in [3.63, 3.8) is 0 Å². The number of hydrogen-bond acceptors (Lipinski definition) is 7. The van der Waals surface area contributed by atoms with E-state index >= 15 is 0 Å². The molecule has 1 atom stereocenters. The molecule has 2 rings (SSSR count). The highest BCUT2D eigenvalue weighted by Gasteiger charge is 2.24. The molecule has 7 nitrogen and oxygen atoms in total. The lowest BCUT2D eigenvalue weighted by Crippen LogP contribution is -2.17. The third kappa shape index (κ3) is 5.48. The molecular formula is C18H22O7. The van der Waals surface area contributed by atoms with Gasteiger partial charge in [0.2, 0.25) is 6.79 Å². The van der Waals surface area contributed by atoms with Crippen LogP contribution in [0.25, 0.3) is 0 Å². The summed E-state index contributed by atoms with van der Waals surface area (Å²) in [5.74, 6) is -0.455. The van der Waals surface area contributed by atoms with E-state index in [4.69, 9.17) is 18.9 Å². The van der Waals surface area contributed by atoms with Gasteiger partial charge in [-0.15, -0.1) is 0 Å². The number of rotatable bonds is 9. The minimum atomic E-state index is -0.562. The van der Waals surface area contributed by atoms with Crippen LogP contribution in [0.1, 0.15) is 44.6 Å². The summed E-state index contributed by atoms with van der Waals surface area (Å²) in [5.41, 5.74) is 0.759. The fraction of sp³-hybridized carbons (Fsp3) is 0.500. The van der Waals surface area contributed by atoms with Crippen LogP contribution in [0.2, 0.25) is 0 Å². The van der Waals surface area contributed by atoms with Crippen molar-refractivity contribution >= 4 is 17.7 Å². The third-order valence-corrected chi connectivity index (χ3v) is 3.71. The minimum absolute atomic E-state index is 0.0390. The molecule has 0 aliphatic carbocycles. The molecule has 1 aliphatic rings. The Labute approximate surface area is 146 Å². The maximum Gasteiger partial charge on any atom is 0.313 e. The number of ether oxygens (including phenoxy) is 4. The fourth-order valence-electron chi connectivity index (χ4n) is 2.62. The summed E-state index contributed by atoms with van der Waals surface area (Å²) in [6, 6.07) is 5.28. The predicted octanol–water partition coefficient (Wildman–Crippen LogP) is 2.36. The van der Waals surface area contributed by atoms with E-state index in [1.807, 2.05) is 0 Å².